The van der Waals surface area contributed by atoms with Gasteiger partial charge in [-0.05, 0) is 12.8 Å². The number of hydrogen-bond acceptors (Lipinski definition) is 1. The first-order valence-corrected chi connectivity index (χ1v) is 9.24. The second kappa shape index (κ2) is 7.66. The zero-order valence-electron chi connectivity index (χ0n) is 16.3. The molecule has 0 aliphatic carbocycles. The van der Waals surface area contributed by atoms with Crippen LogP contribution in [0.5, 0.6) is 0 Å². The van der Waals surface area contributed by atoms with Crippen molar-refractivity contribution in [1.82, 2.24) is 9.97 Å². The minimum absolute atomic E-state index is 0.127. The molecular formula is C20H38N2. The third-order valence-electron chi connectivity index (χ3n) is 4.72. The topological polar surface area (TPSA) is 28.7 Å². The van der Waals surface area contributed by atoms with E-state index in [1.165, 1.54) is 55.7 Å². The fraction of sp³-hybridized carbons (Fsp3) is 0.850. The van der Waals surface area contributed by atoms with Gasteiger partial charge in [0.05, 0.1) is 5.69 Å². The molecule has 0 aliphatic heterocycles. The molecule has 0 aromatic carbocycles. The molecule has 0 amide bonds. The van der Waals surface area contributed by atoms with Crippen LogP contribution in [0.1, 0.15) is 117 Å². The van der Waals surface area contributed by atoms with Gasteiger partial charge in [-0.1, -0.05) is 81.1 Å². The Morgan fingerprint density at radius 2 is 1.64 bits per heavy atom. The standard InChI is InChI=1S/C20H38N2/c1-9-11-12-14-20(7,8)18-21-16(15(3)13-10-2)17(22-18)19(4,5)6/h15H,9-14H2,1-8H3,(H,21,22). The van der Waals surface area contributed by atoms with Crippen LogP contribution in [0.4, 0.5) is 0 Å². The number of imidazole rings is 1. The van der Waals surface area contributed by atoms with Gasteiger partial charge in [0.1, 0.15) is 5.82 Å². The summed E-state index contributed by atoms with van der Waals surface area (Å²) >= 11 is 0. The summed E-state index contributed by atoms with van der Waals surface area (Å²) in [5, 5.41) is 0. The Kier molecular flexibility index (Phi) is 6.70. The van der Waals surface area contributed by atoms with Crippen molar-refractivity contribution in [2.45, 2.75) is 111 Å². The summed E-state index contributed by atoms with van der Waals surface area (Å²) in [5.74, 6) is 1.72. The second-order valence-electron chi connectivity index (χ2n) is 8.63. The maximum atomic E-state index is 5.09. The van der Waals surface area contributed by atoms with Gasteiger partial charge in [-0.2, -0.15) is 0 Å². The van der Waals surface area contributed by atoms with E-state index in [9.17, 15) is 0 Å². The maximum Gasteiger partial charge on any atom is 0.112 e. The maximum absolute atomic E-state index is 5.09. The lowest BCUT2D eigenvalue weighted by Crippen LogP contribution is -2.20. The molecule has 22 heavy (non-hydrogen) atoms. The van der Waals surface area contributed by atoms with Gasteiger partial charge < -0.3 is 4.98 Å². The fourth-order valence-corrected chi connectivity index (χ4v) is 3.14. The van der Waals surface area contributed by atoms with Gasteiger partial charge in [-0.15, -0.1) is 0 Å². The lowest BCUT2D eigenvalue weighted by molar-refractivity contribution is 0.426. The van der Waals surface area contributed by atoms with Gasteiger partial charge in [-0.3, -0.25) is 0 Å². The predicted octanol–water partition coefficient (Wildman–Crippen LogP) is 6.47. The normalized spacial score (nSPS) is 14.4. The molecule has 2 heteroatoms. The van der Waals surface area contributed by atoms with E-state index in [0.717, 1.165) is 0 Å². The summed E-state index contributed by atoms with van der Waals surface area (Å²) in [5.41, 5.74) is 2.90. The van der Waals surface area contributed by atoms with E-state index in [1.54, 1.807) is 0 Å². The summed E-state index contributed by atoms with van der Waals surface area (Å²) in [4.78, 5) is 8.81. The molecule has 1 unspecified atom stereocenters. The molecule has 0 saturated carbocycles. The molecule has 0 fully saturated rings. The Bertz CT molecular complexity index is 449. The predicted molar refractivity (Wildman–Crippen MR) is 97.8 cm³/mol. The van der Waals surface area contributed by atoms with Crippen LogP contribution >= 0.6 is 0 Å². The van der Waals surface area contributed by atoms with Crippen LogP contribution in [0.3, 0.4) is 0 Å². The van der Waals surface area contributed by atoms with Crippen molar-refractivity contribution >= 4 is 0 Å². The summed E-state index contributed by atoms with van der Waals surface area (Å²) in [7, 11) is 0. The number of unbranched alkanes of at least 4 members (excludes halogenated alkanes) is 2. The first-order valence-electron chi connectivity index (χ1n) is 9.24. The first kappa shape index (κ1) is 19.3. The van der Waals surface area contributed by atoms with Crippen molar-refractivity contribution < 1.29 is 0 Å². The Morgan fingerprint density at radius 3 is 2.14 bits per heavy atom. The molecule has 1 heterocycles. The Balaban J connectivity index is 3.11. The summed E-state index contributed by atoms with van der Waals surface area (Å²) in [6.45, 7) is 18.4. The molecule has 0 bridgehead atoms. The number of nitrogens with one attached hydrogen (secondary N) is 1. The van der Waals surface area contributed by atoms with Crippen LogP contribution in [0, 0.1) is 0 Å². The molecule has 1 aromatic heterocycles. The Labute approximate surface area is 138 Å². The van der Waals surface area contributed by atoms with Crippen LogP contribution in [0.25, 0.3) is 0 Å². The van der Waals surface area contributed by atoms with Gasteiger partial charge in [0, 0.05) is 22.4 Å². The van der Waals surface area contributed by atoms with Crippen molar-refractivity contribution in [3.8, 4) is 0 Å². The third kappa shape index (κ3) is 4.86. The molecule has 1 rings (SSSR count). The van der Waals surface area contributed by atoms with Gasteiger partial charge in [0.2, 0.25) is 0 Å². The van der Waals surface area contributed by atoms with Crippen LogP contribution < -0.4 is 0 Å². The van der Waals surface area contributed by atoms with E-state index in [4.69, 9.17) is 4.98 Å². The summed E-state index contributed by atoms with van der Waals surface area (Å²) in [6.07, 6.45) is 7.51. The molecule has 0 radical (unpaired) electrons. The van der Waals surface area contributed by atoms with Crippen LogP contribution in [-0.2, 0) is 10.8 Å². The van der Waals surface area contributed by atoms with Crippen molar-refractivity contribution in [2.75, 3.05) is 0 Å². The largest absolute Gasteiger partial charge is 0.345 e. The van der Waals surface area contributed by atoms with Crippen molar-refractivity contribution in [2.24, 2.45) is 0 Å². The lowest BCUT2D eigenvalue weighted by Gasteiger charge is -2.23. The van der Waals surface area contributed by atoms with Gasteiger partial charge in [0.15, 0.2) is 0 Å². The second-order valence-corrected chi connectivity index (χ2v) is 8.63. The van der Waals surface area contributed by atoms with E-state index in [1.807, 2.05) is 0 Å². The molecule has 128 valence electrons. The molecule has 0 saturated heterocycles. The monoisotopic (exact) mass is 306 g/mol. The van der Waals surface area contributed by atoms with Crippen molar-refractivity contribution in [3.05, 3.63) is 17.2 Å². The Hall–Kier alpha value is -0.790. The lowest BCUT2D eigenvalue weighted by atomic mass is 9.86. The highest BCUT2D eigenvalue weighted by molar-refractivity contribution is 5.27. The van der Waals surface area contributed by atoms with E-state index in [2.05, 4.69) is 60.4 Å². The zero-order chi connectivity index (χ0) is 17.0. The minimum atomic E-state index is 0.127. The highest BCUT2D eigenvalue weighted by Gasteiger charge is 2.30. The fourth-order valence-electron chi connectivity index (χ4n) is 3.14. The van der Waals surface area contributed by atoms with Crippen molar-refractivity contribution in [1.29, 1.82) is 0 Å². The van der Waals surface area contributed by atoms with Gasteiger partial charge >= 0.3 is 0 Å². The number of rotatable bonds is 8. The molecule has 1 N–H and O–H groups in total. The van der Waals surface area contributed by atoms with E-state index in [-0.39, 0.29) is 10.8 Å². The van der Waals surface area contributed by atoms with E-state index in [0.29, 0.717) is 5.92 Å². The number of H-pyrrole nitrogens is 1. The molecule has 0 aliphatic rings. The first-order chi connectivity index (χ1) is 10.1. The summed E-state index contributed by atoms with van der Waals surface area (Å²) < 4.78 is 0. The van der Waals surface area contributed by atoms with Crippen LogP contribution in [0.2, 0.25) is 0 Å². The number of nitrogens with zero attached hydrogens (tertiary/aromatic N) is 1. The average molecular weight is 307 g/mol. The summed E-state index contributed by atoms with van der Waals surface area (Å²) in [6, 6.07) is 0. The molecular weight excluding hydrogens is 268 g/mol. The number of hydrogen-bond donors (Lipinski definition) is 1. The van der Waals surface area contributed by atoms with E-state index < -0.39 is 0 Å². The SMILES string of the molecule is CCCCCC(C)(C)c1nc(C(C)CCC)c(C(C)(C)C)[nH]1. The highest BCUT2D eigenvalue weighted by atomic mass is 15.0. The smallest absolute Gasteiger partial charge is 0.112 e. The average Bonchev–Trinajstić information content (AvgIpc) is 2.85. The molecule has 0 spiro atoms. The third-order valence-corrected chi connectivity index (χ3v) is 4.72. The molecule has 2 nitrogen and oxygen atoms in total. The zero-order valence-corrected chi connectivity index (χ0v) is 16.3. The molecule has 1 aromatic rings. The Morgan fingerprint density at radius 1 is 1.00 bits per heavy atom. The van der Waals surface area contributed by atoms with Crippen molar-refractivity contribution in [3.63, 3.8) is 0 Å². The van der Waals surface area contributed by atoms with Gasteiger partial charge in [0.25, 0.3) is 0 Å². The van der Waals surface area contributed by atoms with Gasteiger partial charge in [-0.25, -0.2) is 4.98 Å². The quantitative estimate of drug-likeness (QED) is 0.548. The van der Waals surface area contributed by atoms with Crippen LogP contribution in [-0.4, -0.2) is 9.97 Å². The van der Waals surface area contributed by atoms with Crippen LogP contribution in [0.15, 0.2) is 0 Å². The minimum Gasteiger partial charge on any atom is -0.345 e. The number of aromatic amines is 1. The highest BCUT2D eigenvalue weighted by Crippen LogP contribution is 2.35. The van der Waals surface area contributed by atoms with E-state index >= 15 is 0 Å². The number of aromatic nitrogens is 2. The molecule has 1 atom stereocenters.